The van der Waals surface area contributed by atoms with Gasteiger partial charge in [-0.3, -0.25) is 9.11 Å². The lowest BCUT2D eigenvalue weighted by Crippen LogP contribution is -2.52. The van der Waals surface area contributed by atoms with E-state index in [2.05, 4.69) is 4.18 Å². The largest absolute Gasteiger partial charge is 0.397 e. The van der Waals surface area contributed by atoms with Crippen LogP contribution in [0.5, 0.6) is 0 Å². The van der Waals surface area contributed by atoms with Gasteiger partial charge in [0, 0.05) is 6.42 Å². The Kier molecular flexibility index (Phi) is 5.02. The van der Waals surface area contributed by atoms with Crippen LogP contribution < -0.4 is 4.72 Å². The standard InChI is InChI=1S/C6H13NO9S2/c8-6-1-4(2-16-18(12,13)14)15-3-5(6)7-17(9,10)11/h4-8H,1-3H2,(H,9,10,11)(H,12,13,14)/t4?,5-,6?/m1/s1. The second-order valence-electron chi connectivity index (χ2n) is 3.67. The van der Waals surface area contributed by atoms with Crippen molar-refractivity contribution in [3.63, 3.8) is 0 Å². The average Bonchev–Trinajstić information content (AvgIpc) is 2.15. The molecule has 0 saturated carbocycles. The fourth-order valence-corrected chi connectivity index (χ4v) is 2.37. The van der Waals surface area contributed by atoms with Gasteiger partial charge >= 0.3 is 20.7 Å². The van der Waals surface area contributed by atoms with E-state index < -0.39 is 45.6 Å². The molecule has 0 aromatic carbocycles. The zero-order valence-electron chi connectivity index (χ0n) is 8.96. The molecular formula is C6H13NO9S2. The summed E-state index contributed by atoms with van der Waals surface area (Å²) in [5.41, 5.74) is 0. The van der Waals surface area contributed by atoms with Crippen molar-refractivity contribution in [2.75, 3.05) is 13.2 Å². The first-order valence-corrected chi connectivity index (χ1v) is 7.53. The molecule has 1 aliphatic rings. The van der Waals surface area contributed by atoms with Crippen LogP contribution in [0, 0.1) is 0 Å². The molecule has 108 valence electrons. The molecule has 0 radical (unpaired) electrons. The van der Waals surface area contributed by atoms with E-state index in [9.17, 15) is 21.9 Å². The molecule has 4 N–H and O–H groups in total. The first-order chi connectivity index (χ1) is 8.07. The Bertz CT molecular complexity index is 471. The number of rotatable bonds is 5. The third kappa shape index (κ3) is 6.01. The van der Waals surface area contributed by atoms with Gasteiger partial charge < -0.3 is 9.84 Å². The van der Waals surface area contributed by atoms with Crippen molar-refractivity contribution in [2.24, 2.45) is 0 Å². The van der Waals surface area contributed by atoms with Crippen molar-refractivity contribution in [1.82, 2.24) is 4.72 Å². The number of nitrogens with one attached hydrogen (secondary N) is 1. The SMILES string of the molecule is O=S(=O)(O)N[C@@H]1COC(COS(=O)(=O)O)CC1O. The Morgan fingerprint density at radius 3 is 2.33 bits per heavy atom. The summed E-state index contributed by atoms with van der Waals surface area (Å²) < 4.78 is 69.3. The van der Waals surface area contributed by atoms with E-state index in [0.717, 1.165) is 0 Å². The highest BCUT2D eigenvalue weighted by Crippen LogP contribution is 2.16. The second-order valence-corrected chi connectivity index (χ2v) is 5.95. The molecule has 2 unspecified atom stereocenters. The molecular weight excluding hydrogens is 294 g/mol. The molecule has 0 spiro atoms. The van der Waals surface area contributed by atoms with Gasteiger partial charge in [-0.25, -0.2) is 4.18 Å². The van der Waals surface area contributed by atoms with Crippen LogP contribution in [0.3, 0.4) is 0 Å². The van der Waals surface area contributed by atoms with Gasteiger partial charge in [0.2, 0.25) is 0 Å². The van der Waals surface area contributed by atoms with Crippen LogP contribution in [0.4, 0.5) is 0 Å². The molecule has 0 aliphatic carbocycles. The van der Waals surface area contributed by atoms with Gasteiger partial charge in [-0.1, -0.05) is 0 Å². The lowest BCUT2D eigenvalue weighted by Gasteiger charge is -2.32. The van der Waals surface area contributed by atoms with Gasteiger partial charge in [-0.2, -0.15) is 21.6 Å². The summed E-state index contributed by atoms with van der Waals surface area (Å²) >= 11 is 0. The molecule has 10 nitrogen and oxygen atoms in total. The molecule has 0 bridgehead atoms. The number of hydrogen-bond donors (Lipinski definition) is 4. The molecule has 3 atom stereocenters. The summed E-state index contributed by atoms with van der Waals surface area (Å²) in [6.45, 7) is -0.783. The fourth-order valence-electron chi connectivity index (χ4n) is 1.43. The summed E-state index contributed by atoms with van der Waals surface area (Å²) in [5, 5.41) is 9.55. The second kappa shape index (κ2) is 5.75. The fraction of sp³-hybridized carbons (Fsp3) is 1.00. The zero-order chi connectivity index (χ0) is 14.0. The van der Waals surface area contributed by atoms with E-state index in [1.807, 2.05) is 0 Å². The molecule has 18 heavy (non-hydrogen) atoms. The van der Waals surface area contributed by atoms with Gasteiger partial charge in [0.1, 0.15) is 0 Å². The van der Waals surface area contributed by atoms with E-state index >= 15 is 0 Å². The van der Waals surface area contributed by atoms with Crippen molar-refractivity contribution in [3.05, 3.63) is 0 Å². The quantitative estimate of drug-likeness (QED) is 0.410. The van der Waals surface area contributed by atoms with Crippen LogP contribution in [-0.4, -0.2) is 62.5 Å². The minimum atomic E-state index is -4.60. The monoisotopic (exact) mass is 307 g/mol. The normalized spacial score (nSPS) is 30.3. The molecule has 1 aliphatic heterocycles. The van der Waals surface area contributed by atoms with Gasteiger partial charge in [-0.15, -0.1) is 0 Å². The Morgan fingerprint density at radius 2 is 1.89 bits per heavy atom. The van der Waals surface area contributed by atoms with Crippen molar-refractivity contribution in [1.29, 1.82) is 0 Å². The van der Waals surface area contributed by atoms with Crippen LogP contribution in [0.1, 0.15) is 6.42 Å². The smallest absolute Gasteiger partial charge is 0.391 e. The van der Waals surface area contributed by atoms with E-state index in [4.69, 9.17) is 13.8 Å². The lowest BCUT2D eigenvalue weighted by molar-refractivity contribution is -0.0758. The van der Waals surface area contributed by atoms with E-state index in [0.29, 0.717) is 0 Å². The molecule has 0 amide bonds. The summed E-state index contributed by atoms with van der Waals surface area (Å²) in [6.07, 6.45) is -2.13. The summed E-state index contributed by atoms with van der Waals surface area (Å²) in [7, 11) is -9.06. The van der Waals surface area contributed by atoms with Gasteiger partial charge in [-0.05, 0) is 0 Å². The maximum atomic E-state index is 10.5. The van der Waals surface area contributed by atoms with Gasteiger partial charge in [0.15, 0.2) is 0 Å². The van der Waals surface area contributed by atoms with Crippen LogP contribution in [-0.2, 0) is 29.6 Å². The van der Waals surface area contributed by atoms with E-state index in [1.54, 1.807) is 4.72 Å². The van der Waals surface area contributed by atoms with Crippen molar-refractivity contribution in [2.45, 2.75) is 24.7 Å². The predicted octanol–water partition coefficient (Wildman–Crippen LogP) is -2.28. The van der Waals surface area contributed by atoms with Gasteiger partial charge in [0.25, 0.3) is 0 Å². The Balaban J connectivity index is 2.46. The minimum Gasteiger partial charge on any atom is -0.391 e. The Hall–Kier alpha value is -0.340. The van der Waals surface area contributed by atoms with Crippen LogP contribution in [0.2, 0.25) is 0 Å². The first kappa shape index (κ1) is 15.7. The number of ether oxygens (including phenoxy) is 1. The summed E-state index contributed by atoms with van der Waals surface area (Å²) in [5.74, 6) is 0. The first-order valence-electron chi connectivity index (χ1n) is 4.73. The molecule has 1 saturated heterocycles. The average molecular weight is 307 g/mol. The molecule has 1 rings (SSSR count). The van der Waals surface area contributed by atoms with Crippen molar-refractivity contribution in [3.8, 4) is 0 Å². The van der Waals surface area contributed by atoms with Crippen LogP contribution in [0.15, 0.2) is 0 Å². The minimum absolute atomic E-state index is 0.122. The Morgan fingerprint density at radius 1 is 1.28 bits per heavy atom. The van der Waals surface area contributed by atoms with Crippen LogP contribution in [0.25, 0.3) is 0 Å². The Labute approximate surface area is 104 Å². The maximum absolute atomic E-state index is 10.5. The molecule has 0 aromatic heterocycles. The number of aliphatic hydroxyl groups is 1. The number of hydrogen-bond acceptors (Lipinski definition) is 7. The molecule has 1 heterocycles. The third-order valence-electron chi connectivity index (χ3n) is 2.18. The summed E-state index contributed by atoms with van der Waals surface area (Å²) in [6, 6.07) is -1.04. The van der Waals surface area contributed by atoms with Crippen molar-refractivity contribution >= 4 is 20.7 Å². The highest BCUT2D eigenvalue weighted by atomic mass is 32.3. The van der Waals surface area contributed by atoms with Gasteiger partial charge in [0.05, 0.1) is 31.5 Å². The number of aliphatic hydroxyl groups excluding tert-OH is 1. The topological polar surface area (TPSA) is 159 Å². The lowest BCUT2D eigenvalue weighted by atomic mass is 10.0. The van der Waals surface area contributed by atoms with E-state index in [1.165, 1.54) is 0 Å². The third-order valence-corrected chi connectivity index (χ3v) is 3.22. The zero-order valence-corrected chi connectivity index (χ0v) is 10.6. The highest BCUT2D eigenvalue weighted by molar-refractivity contribution is 7.83. The highest BCUT2D eigenvalue weighted by Gasteiger charge is 2.32. The molecule has 1 fully saturated rings. The summed E-state index contributed by atoms with van der Waals surface area (Å²) in [4.78, 5) is 0. The van der Waals surface area contributed by atoms with E-state index in [-0.39, 0.29) is 13.0 Å². The molecule has 12 heteroatoms. The molecule has 0 aromatic rings. The van der Waals surface area contributed by atoms with Crippen molar-refractivity contribution < 1.29 is 40.0 Å². The predicted molar refractivity (Wildman–Crippen MR) is 56.3 cm³/mol. The van der Waals surface area contributed by atoms with Crippen LogP contribution >= 0.6 is 0 Å². The maximum Gasteiger partial charge on any atom is 0.397 e.